The number of nitrogens with two attached hydrogens (primary N) is 1. The molecule has 0 fully saturated rings. The van der Waals surface area contributed by atoms with E-state index in [0.29, 0.717) is 5.95 Å². The highest BCUT2D eigenvalue weighted by molar-refractivity contribution is 7.89. The second kappa shape index (κ2) is 7.96. The van der Waals surface area contributed by atoms with Crippen molar-refractivity contribution in [2.75, 3.05) is 29.3 Å². The van der Waals surface area contributed by atoms with Gasteiger partial charge in [0.15, 0.2) is 9.84 Å². The zero-order valence-electron chi connectivity index (χ0n) is 17.7. The van der Waals surface area contributed by atoms with Crippen LogP contribution in [-0.2, 0) is 22.6 Å². The van der Waals surface area contributed by atoms with E-state index in [4.69, 9.17) is 5.73 Å². The first-order valence-corrected chi connectivity index (χ1v) is 11.8. The van der Waals surface area contributed by atoms with Crippen LogP contribution >= 0.6 is 0 Å². The van der Waals surface area contributed by atoms with Crippen molar-refractivity contribution in [3.8, 4) is 0 Å². The Labute approximate surface area is 182 Å². The smallest absolute Gasteiger partial charge is 0.200 e. The second-order valence-electron chi connectivity index (χ2n) is 7.70. The number of nitrogens with one attached hydrogen (secondary N) is 1. The molecule has 0 amide bonds. The van der Waals surface area contributed by atoms with Crippen molar-refractivity contribution in [3.63, 3.8) is 0 Å². The molecular weight excluding hydrogens is 410 g/mol. The molecule has 3 aromatic carbocycles. The van der Waals surface area contributed by atoms with Gasteiger partial charge in [-0.1, -0.05) is 18.2 Å². The van der Waals surface area contributed by atoms with Crippen molar-refractivity contribution >= 4 is 49.6 Å². The topological polar surface area (TPSA) is 93.2 Å². The van der Waals surface area contributed by atoms with Gasteiger partial charge in [0, 0.05) is 43.1 Å². The minimum atomic E-state index is -3.04. The van der Waals surface area contributed by atoms with E-state index >= 15 is 0 Å². The molecule has 0 spiro atoms. The number of hydrogen-bond acceptors (Lipinski definition) is 6. The highest BCUT2D eigenvalue weighted by Gasteiger charge is 2.10. The number of nitrogens with zero attached hydrogens (tertiary/aromatic N) is 3. The summed E-state index contributed by atoms with van der Waals surface area (Å²) in [6.45, 7) is 0. The number of rotatable bonds is 6. The fourth-order valence-electron chi connectivity index (χ4n) is 3.51. The number of benzene rings is 3. The molecule has 0 bridgehead atoms. The van der Waals surface area contributed by atoms with Gasteiger partial charge in [-0.2, -0.15) is 0 Å². The average Bonchev–Trinajstić information content (AvgIpc) is 3.01. The molecule has 8 heteroatoms. The number of anilines is 5. The molecule has 3 N–H and O–H groups in total. The molecule has 0 atom stereocenters. The van der Waals surface area contributed by atoms with Gasteiger partial charge in [-0.25, -0.2) is 13.4 Å². The normalized spacial score (nSPS) is 11.6. The summed E-state index contributed by atoms with van der Waals surface area (Å²) in [6.07, 6.45) is 1.24. The van der Waals surface area contributed by atoms with Crippen LogP contribution in [0.4, 0.5) is 28.7 Å². The van der Waals surface area contributed by atoms with E-state index in [2.05, 4.69) is 21.3 Å². The van der Waals surface area contributed by atoms with Crippen LogP contribution in [0, 0.1) is 0 Å². The third kappa shape index (κ3) is 4.64. The molecule has 7 nitrogen and oxygen atoms in total. The SMILES string of the molecule is CN(c1cccc(Nc2ccc(CS(C)(=O)=O)cc2)c1)c1ccc2c(c1)nc(N)n2C. The average molecular weight is 436 g/mol. The molecule has 0 aliphatic heterocycles. The lowest BCUT2D eigenvalue weighted by molar-refractivity contribution is 0.601. The van der Waals surface area contributed by atoms with Gasteiger partial charge in [0.05, 0.1) is 16.8 Å². The quantitative estimate of drug-likeness (QED) is 0.471. The third-order valence-corrected chi connectivity index (χ3v) is 6.05. The Kier molecular flexibility index (Phi) is 5.32. The van der Waals surface area contributed by atoms with E-state index in [9.17, 15) is 8.42 Å². The Morgan fingerprint density at radius 1 is 1.00 bits per heavy atom. The molecule has 4 rings (SSSR count). The van der Waals surface area contributed by atoms with Crippen LogP contribution in [0.1, 0.15) is 5.56 Å². The lowest BCUT2D eigenvalue weighted by atomic mass is 10.2. The number of fused-ring (bicyclic) bond motifs is 1. The minimum Gasteiger partial charge on any atom is -0.369 e. The first-order chi connectivity index (χ1) is 14.7. The van der Waals surface area contributed by atoms with Gasteiger partial charge in [0.2, 0.25) is 5.95 Å². The molecule has 0 saturated heterocycles. The molecule has 0 unspecified atom stereocenters. The van der Waals surface area contributed by atoms with Crippen molar-refractivity contribution in [1.29, 1.82) is 0 Å². The Hall–Kier alpha value is -3.52. The first-order valence-electron chi connectivity index (χ1n) is 9.79. The molecule has 31 heavy (non-hydrogen) atoms. The van der Waals surface area contributed by atoms with Crippen molar-refractivity contribution in [1.82, 2.24) is 9.55 Å². The maximum Gasteiger partial charge on any atom is 0.200 e. The largest absolute Gasteiger partial charge is 0.369 e. The molecule has 1 aromatic heterocycles. The Morgan fingerprint density at radius 3 is 2.42 bits per heavy atom. The third-order valence-electron chi connectivity index (χ3n) is 5.19. The van der Waals surface area contributed by atoms with Gasteiger partial charge < -0.3 is 20.5 Å². The van der Waals surface area contributed by atoms with Crippen LogP contribution in [0.5, 0.6) is 0 Å². The predicted molar refractivity (Wildman–Crippen MR) is 128 cm³/mol. The predicted octanol–water partition coefficient (Wildman–Crippen LogP) is 4.21. The Morgan fingerprint density at radius 2 is 1.71 bits per heavy atom. The molecule has 0 radical (unpaired) electrons. The molecule has 4 aromatic rings. The van der Waals surface area contributed by atoms with Gasteiger partial charge in [-0.05, 0) is 54.1 Å². The van der Waals surface area contributed by atoms with E-state index in [1.54, 1.807) is 0 Å². The summed E-state index contributed by atoms with van der Waals surface area (Å²) in [5.41, 5.74) is 12.4. The molecule has 1 heterocycles. The zero-order valence-corrected chi connectivity index (χ0v) is 18.5. The maximum absolute atomic E-state index is 11.5. The second-order valence-corrected chi connectivity index (χ2v) is 9.84. The van der Waals surface area contributed by atoms with Crippen molar-refractivity contribution in [2.24, 2.45) is 7.05 Å². The zero-order chi connectivity index (χ0) is 22.2. The van der Waals surface area contributed by atoms with E-state index < -0.39 is 9.84 Å². The minimum absolute atomic E-state index is 0.0415. The first kappa shape index (κ1) is 20.7. The van der Waals surface area contributed by atoms with E-state index in [1.807, 2.05) is 79.3 Å². The number of nitrogen functional groups attached to an aromatic ring is 1. The van der Waals surface area contributed by atoms with E-state index in [0.717, 1.165) is 39.3 Å². The van der Waals surface area contributed by atoms with Crippen molar-refractivity contribution < 1.29 is 8.42 Å². The van der Waals surface area contributed by atoms with Crippen LogP contribution in [0.3, 0.4) is 0 Å². The number of aromatic nitrogens is 2. The number of imidazole rings is 1. The van der Waals surface area contributed by atoms with Gasteiger partial charge in [0.1, 0.15) is 0 Å². The standard InChI is InChI=1S/C23H25N5O2S/c1-27(20-11-12-22-21(14-20)26-23(24)28(22)2)19-6-4-5-18(13-19)25-17-9-7-16(8-10-17)15-31(3,29)30/h4-14,25H,15H2,1-3H3,(H2,24,26). The fourth-order valence-corrected chi connectivity index (χ4v) is 4.31. The highest BCUT2D eigenvalue weighted by atomic mass is 32.2. The lowest BCUT2D eigenvalue weighted by Crippen LogP contribution is -2.09. The van der Waals surface area contributed by atoms with Gasteiger partial charge in [-0.15, -0.1) is 0 Å². The summed E-state index contributed by atoms with van der Waals surface area (Å²) in [7, 11) is 0.862. The Bertz CT molecular complexity index is 1340. The summed E-state index contributed by atoms with van der Waals surface area (Å²) in [6, 6.07) is 21.6. The summed E-state index contributed by atoms with van der Waals surface area (Å²) in [5, 5.41) is 3.37. The van der Waals surface area contributed by atoms with Crippen LogP contribution in [0.15, 0.2) is 66.7 Å². The molecule has 160 valence electrons. The van der Waals surface area contributed by atoms with Crippen molar-refractivity contribution in [2.45, 2.75) is 5.75 Å². The Balaban J connectivity index is 1.54. The summed E-state index contributed by atoms with van der Waals surface area (Å²) in [5.74, 6) is 0.531. The molecule has 0 saturated carbocycles. The van der Waals surface area contributed by atoms with Crippen LogP contribution < -0.4 is 16.0 Å². The molecule has 0 aliphatic rings. The lowest BCUT2D eigenvalue weighted by Gasteiger charge is -2.20. The number of hydrogen-bond donors (Lipinski definition) is 2. The number of sulfone groups is 1. The molecular formula is C23H25N5O2S. The number of aryl methyl sites for hydroxylation is 1. The van der Waals surface area contributed by atoms with E-state index in [-0.39, 0.29) is 5.75 Å². The molecule has 0 aliphatic carbocycles. The van der Waals surface area contributed by atoms with Crippen LogP contribution in [-0.4, -0.2) is 31.3 Å². The summed E-state index contributed by atoms with van der Waals surface area (Å²) in [4.78, 5) is 6.50. The summed E-state index contributed by atoms with van der Waals surface area (Å²) >= 11 is 0. The highest BCUT2D eigenvalue weighted by Crippen LogP contribution is 2.30. The van der Waals surface area contributed by atoms with E-state index in [1.165, 1.54) is 6.26 Å². The monoisotopic (exact) mass is 435 g/mol. The van der Waals surface area contributed by atoms with Gasteiger partial charge >= 0.3 is 0 Å². The summed E-state index contributed by atoms with van der Waals surface area (Å²) < 4.78 is 24.8. The maximum atomic E-state index is 11.5. The van der Waals surface area contributed by atoms with Gasteiger partial charge in [0.25, 0.3) is 0 Å². The van der Waals surface area contributed by atoms with Crippen LogP contribution in [0.2, 0.25) is 0 Å². The van der Waals surface area contributed by atoms with Gasteiger partial charge in [-0.3, -0.25) is 0 Å². The fraction of sp³-hybridized carbons (Fsp3) is 0.174. The van der Waals surface area contributed by atoms with Crippen LogP contribution in [0.25, 0.3) is 11.0 Å². The van der Waals surface area contributed by atoms with Crippen molar-refractivity contribution in [3.05, 3.63) is 72.3 Å².